The van der Waals surface area contributed by atoms with Gasteiger partial charge in [0.05, 0.1) is 62.0 Å². The Morgan fingerprint density at radius 3 is 1.39 bits per heavy atom. The van der Waals surface area contributed by atoms with Gasteiger partial charge in [-0.1, -0.05) is 17.7 Å². The number of pyridine rings is 2. The Hall–Kier alpha value is -5.47. The highest BCUT2D eigenvalue weighted by atomic mass is 127. The van der Waals surface area contributed by atoms with E-state index in [1.54, 1.807) is 18.2 Å². The van der Waals surface area contributed by atoms with Crippen molar-refractivity contribution in [2.45, 2.75) is 115 Å². The second-order valence-electron chi connectivity index (χ2n) is 24.7. The minimum Gasteiger partial charge on any atom is -0.399 e. The standard InChI is InChI=1S/C27H34F3N5O4.C20H28BF3N2O3.C13H18IN3O3/c1-17-2-3-20(31-26(38)34-5-4-18(14-34)13-27(28,29)30)12-21(17)19-10-24(33-6-8-39-9-7-33)32-25(11-19)35-15-22(36)23(37)16-35;1-13-6-7-15(10-16(13)21-28-18(2,3)19(4,5)29-21)25-17(27)26-9-8-14(12-26)11-20(22,23)24;14-9-5-12(16-1-3-20-4-2-16)15-13(6-9)17-7-10(18)11(19)8-17/h2-3,10-12,18,22-23,36-37H,4-9,13-16H2,1H3,(H,31,38);6-7,10,14H,8-9,11-12H2,1-5H3,(H,25,27);5-6,10-11,18-19H,1-4,7-8H2/t18-,22-,23-;14-;10-,11-/m000/s1. The van der Waals surface area contributed by atoms with Crippen molar-refractivity contribution in [2.75, 3.05) is 135 Å². The average Bonchev–Trinajstić information content (AvgIpc) is 2.34. The molecule has 0 radical (unpaired) electrons. The van der Waals surface area contributed by atoms with Gasteiger partial charge in [0.25, 0.3) is 0 Å². The number of aryl methyl sites for hydroxylation is 2. The van der Waals surface area contributed by atoms with E-state index in [1.807, 2.05) is 87.7 Å². The van der Waals surface area contributed by atoms with Crippen LogP contribution in [0.4, 0.5) is 70.6 Å². The van der Waals surface area contributed by atoms with Crippen LogP contribution >= 0.6 is 22.6 Å². The smallest absolute Gasteiger partial charge is 0.399 e. The third-order valence-corrected chi connectivity index (χ3v) is 18.0. The maximum Gasteiger partial charge on any atom is 0.495 e. The molecule has 0 bridgehead atoms. The van der Waals surface area contributed by atoms with Gasteiger partial charge in [-0.15, -0.1) is 0 Å². The molecule has 20 nitrogen and oxygen atoms in total. The van der Waals surface area contributed by atoms with Gasteiger partial charge in [-0.2, -0.15) is 26.3 Å². The number of urea groups is 2. The molecule has 11 rings (SSSR count). The predicted molar refractivity (Wildman–Crippen MR) is 332 cm³/mol. The number of halogens is 7. The highest BCUT2D eigenvalue weighted by Gasteiger charge is 2.52. The first kappa shape index (κ1) is 66.9. The monoisotopic (exact) mass is 1350 g/mol. The summed E-state index contributed by atoms with van der Waals surface area (Å²) in [6.45, 7) is 19.6. The van der Waals surface area contributed by atoms with Gasteiger partial charge in [-0.05, 0) is 159 Å². The van der Waals surface area contributed by atoms with Crippen LogP contribution in [-0.4, -0.2) is 212 Å². The van der Waals surface area contributed by atoms with E-state index in [9.17, 15) is 56.4 Å². The van der Waals surface area contributed by atoms with Crippen molar-refractivity contribution in [1.29, 1.82) is 0 Å². The van der Waals surface area contributed by atoms with Crippen molar-refractivity contribution in [3.63, 3.8) is 0 Å². The van der Waals surface area contributed by atoms with Crippen molar-refractivity contribution in [3.8, 4) is 11.1 Å². The first-order valence-electron chi connectivity index (χ1n) is 29.9. The molecule has 7 saturated heterocycles. The molecule has 9 heterocycles. The first-order chi connectivity index (χ1) is 41.5. The molecule has 0 aliphatic carbocycles. The number of β-amino-alcohol motifs (C(OH)–C–C–N with tert-alkyl or cyclic N) is 4. The van der Waals surface area contributed by atoms with Gasteiger partial charge >= 0.3 is 31.5 Å². The molecule has 2 aromatic heterocycles. The number of aliphatic hydroxyl groups is 4. The van der Waals surface area contributed by atoms with Gasteiger partial charge in [-0.25, -0.2) is 19.6 Å². The molecule has 2 aromatic carbocycles. The number of carbonyl (C=O) groups excluding carboxylic acids is 2. The van der Waals surface area contributed by atoms with Gasteiger partial charge in [0.2, 0.25) is 0 Å². The third kappa shape index (κ3) is 17.3. The van der Waals surface area contributed by atoms with Crippen LogP contribution in [-0.2, 0) is 18.8 Å². The number of ether oxygens (including phenoxy) is 2. The first-order valence-corrected chi connectivity index (χ1v) is 30.9. The Bertz CT molecular complexity index is 3040. The number of hydrogen-bond acceptors (Lipinski definition) is 16. The summed E-state index contributed by atoms with van der Waals surface area (Å²) in [5.41, 5.74) is 4.61. The van der Waals surface area contributed by atoms with E-state index in [0.717, 1.165) is 75.0 Å². The summed E-state index contributed by atoms with van der Waals surface area (Å²) >= 11 is 2.27. The fourth-order valence-electron chi connectivity index (χ4n) is 11.7. The number of alkyl halides is 6. The minimum atomic E-state index is -4.24. The Balaban J connectivity index is 0.000000166. The molecule has 6 N–H and O–H groups in total. The van der Waals surface area contributed by atoms with Crippen LogP contribution in [0.5, 0.6) is 0 Å². The van der Waals surface area contributed by atoms with Crippen LogP contribution in [0.1, 0.15) is 64.5 Å². The molecule has 0 saturated carbocycles. The summed E-state index contributed by atoms with van der Waals surface area (Å²) in [4.78, 5) is 45.9. The molecule has 7 aliphatic rings. The van der Waals surface area contributed by atoms with E-state index in [1.165, 1.54) is 9.80 Å². The topological polar surface area (TPSA) is 221 Å². The summed E-state index contributed by atoms with van der Waals surface area (Å²) in [6.07, 6.45) is -12.6. The van der Waals surface area contributed by atoms with Crippen molar-refractivity contribution >= 4 is 81.9 Å². The molecule has 4 amide bonds. The summed E-state index contributed by atoms with van der Waals surface area (Å²) in [6, 6.07) is 18.1. The van der Waals surface area contributed by atoms with E-state index in [-0.39, 0.29) is 32.7 Å². The van der Waals surface area contributed by atoms with Gasteiger partial charge in [0.1, 0.15) is 23.3 Å². The number of anilines is 6. The van der Waals surface area contributed by atoms with E-state index >= 15 is 0 Å². The molecule has 7 aliphatic heterocycles. The Labute approximate surface area is 523 Å². The van der Waals surface area contributed by atoms with Gasteiger partial charge in [0, 0.05) is 106 Å². The Morgan fingerprint density at radius 1 is 0.568 bits per heavy atom. The zero-order chi connectivity index (χ0) is 63.5. The highest BCUT2D eigenvalue weighted by molar-refractivity contribution is 14.1. The summed E-state index contributed by atoms with van der Waals surface area (Å²) in [7, 11) is -0.556. The highest BCUT2D eigenvalue weighted by Crippen LogP contribution is 2.39. The lowest BCUT2D eigenvalue weighted by Gasteiger charge is -2.32. The molecule has 4 aromatic rings. The van der Waals surface area contributed by atoms with Gasteiger partial charge in [-0.3, -0.25) is 0 Å². The number of hydrogen-bond donors (Lipinski definition) is 6. The molecule has 0 spiro atoms. The number of morpholine rings is 2. The molecule has 7 fully saturated rings. The number of nitrogens with one attached hydrogen (secondary N) is 2. The molecule has 6 atom stereocenters. The molecule has 28 heteroatoms. The maximum atomic E-state index is 12.9. The van der Waals surface area contributed by atoms with E-state index in [0.29, 0.717) is 76.0 Å². The van der Waals surface area contributed by atoms with Crippen molar-refractivity contribution in [2.24, 2.45) is 11.8 Å². The Morgan fingerprint density at radius 2 is 0.955 bits per heavy atom. The number of aromatic nitrogens is 2. The third-order valence-electron chi connectivity index (χ3n) is 17.4. The lowest BCUT2D eigenvalue weighted by atomic mass is 9.76. The predicted octanol–water partition coefficient (Wildman–Crippen LogP) is 7.41. The summed E-state index contributed by atoms with van der Waals surface area (Å²) in [5.74, 6) is 2.01. The fraction of sp³-hybridized carbons (Fsp3) is 0.600. The van der Waals surface area contributed by atoms with Crippen LogP contribution in [0, 0.1) is 29.3 Å². The number of rotatable bonds is 10. The average molecular weight is 1350 g/mol. The normalized spacial score (nSPS) is 24.5. The molecule has 482 valence electrons. The largest absolute Gasteiger partial charge is 0.495 e. The lowest BCUT2D eigenvalue weighted by molar-refractivity contribution is -0.144. The lowest BCUT2D eigenvalue weighted by Crippen LogP contribution is -2.41. The van der Waals surface area contributed by atoms with Gasteiger partial charge in [0.15, 0.2) is 0 Å². The second-order valence-corrected chi connectivity index (χ2v) is 26.0. The Kier molecular flexibility index (Phi) is 21.3. The van der Waals surface area contributed by atoms with Crippen molar-refractivity contribution < 1.29 is 75.1 Å². The van der Waals surface area contributed by atoms with Crippen molar-refractivity contribution in [1.82, 2.24) is 19.8 Å². The molecular weight excluding hydrogens is 1270 g/mol. The second kappa shape index (κ2) is 28.0. The van der Waals surface area contributed by atoms with Crippen molar-refractivity contribution in [3.05, 3.63) is 75.4 Å². The number of benzene rings is 2. The number of nitrogens with zero attached hydrogens (tertiary/aromatic N) is 8. The van der Waals surface area contributed by atoms with E-state index < -0.39 is 91.8 Å². The van der Waals surface area contributed by atoms with Crippen LogP contribution in [0.25, 0.3) is 11.1 Å². The van der Waals surface area contributed by atoms with E-state index in [4.69, 9.17) is 23.8 Å². The van der Waals surface area contributed by atoms with Crippen LogP contribution in [0.2, 0.25) is 0 Å². The number of likely N-dealkylation sites (tertiary alicyclic amines) is 2. The number of aliphatic hydroxyl groups excluding tert-OH is 4. The molecule has 0 unspecified atom stereocenters. The van der Waals surface area contributed by atoms with E-state index in [2.05, 4.69) is 54.1 Å². The zero-order valence-corrected chi connectivity index (χ0v) is 52.6. The zero-order valence-electron chi connectivity index (χ0n) is 50.4. The SMILES string of the molecule is Cc1ccc(NC(=O)N2CC[C@@H](CC(F)(F)F)C2)cc1-c1cc(N2CCOCC2)nc(N2C[C@H](O)[C@@H](O)C2)c1.Cc1ccc(NC(=O)N2CC[C@@H](CC(F)(F)F)C2)cc1B1OC(C)(C)C(C)(C)O1.O[C@H]1CN(c2cc(I)cc(N3CCOCC3)n2)C[C@@H]1O. The van der Waals surface area contributed by atoms with Gasteiger partial charge < -0.3 is 79.2 Å². The number of amides is 4. The van der Waals surface area contributed by atoms with Crippen LogP contribution < -0.4 is 35.7 Å². The fourth-order valence-corrected chi connectivity index (χ4v) is 12.2. The summed E-state index contributed by atoms with van der Waals surface area (Å²) < 4.78 is 100. The number of carbonyl (C=O) groups is 2. The minimum absolute atomic E-state index is 0.0776. The molecular formula is C60H80BF6IN10O10. The molecule has 88 heavy (non-hydrogen) atoms. The van der Waals surface area contributed by atoms with Crippen LogP contribution in [0.3, 0.4) is 0 Å². The maximum absolute atomic E-state index is 12.9. The quantitative estimate of drug-likeness (QED) is 0.0517. The summed E-state index contributed by atoms with van der Waals surface area (Å²) in [5, 5.41) is 45.2. The van der Waals surface area contributed by atoms with Crippen LogP contribution in [0.15, 0.2) is 60.7 Å².